The SMILES string of the molecule is S=c1nc(COc2ccc(-c3ccccc3)cc2)n(-c2ccccc2)[nH]1. The first-order valence-corrected chi connectivity index (χ1v) is 8.72. The molecule has 0 aliphatic carbocycles. The molecule has 0 saturated carbocycles. The Balaban J connectivity index is 1.51. The van der Waals surface area contributed by atoms with Gasteiger partial charge < -0.3 is 4.74 Å². The second kappa shape index (κ2) is 7.37. The number of benzene rings is 3. The first kappa shape index (κ1) is 16.3. The largest absolute Gasteiger partial charge is 0.486 e. The third kappa shape index (κ3) is 3.58. The van der Waals surface area contributed by atoms with E-state index in [2.05, 4.69) is 34.3 Å². The van der Waals surface area contributed by atoms with Gasteiger partial charge in [-0.05, 0) is 47.6 Å². The predicted molar refractivity (Wildman–Crippen MR) is 105 cm³/mol. The first-order valence-electron chi connectivity index (χ1n) is 8.31. The van der Waals surface area contributed by atoms with Crippen molar-refractivity contribution in [3.05, 3.63) is 95.5 Å². The Kier molecular flexibility index (Phi) is 4.62. The summed E-state index contributed by atoms with van der Waals surface area (Å²) in [5.41, 5.74) is 3.31. The van der Waals surface area contributed by atoms with Gasteiger partial charge in [0.2, 0.25) is 4.77 Å². The lowest BCUT2D eigenvalue weighted by molar-refractivity contribution is 0.292. The second-order valence-electron chi connectivity index (χ2n) is 5.80. The van der Waals surface area contributed by atoms with Crippen LogP contribution in [0.25, 0.3) is 16.8 Å². The van der Waals surface area contributed by atoms with Crippen molar-refractivity contribution in [3.8, 4) is 22.6 Å². The molecule has 0 amide bonds. The molecule has 4 aromatic rings. The van der Waals surface area contributed by atoms with Crippen molar-refractivity contribution in [1.29, 1.82) is 0 Å². The Morgan fingerprint density at radius 1 is 0.808 bits per heavy atom. The van der Waals surface area contributed by atoms with E-state index in [4.69, 9.17) is 17.0 Å². The molecule has 4 nitrogen and oxygen atoms in total. The second-order valence-corrected chi connectivity index (χ2v) is 6.18. The van der Waals surface area contributed by atoms with Gasteiger partial charge in [0.05, 0.1) is 5.69 Å². The molecule has 0 saturated heterocycles. The van der Waals surface area contributed by atoms with Gasteiger partial charge in [-0.15, -0.1) is 0 Å². The van der Waals surface area contributed by atoms with Gasteiger partial charge in [-0.1, -0.05) is 60.7 Å². The standard InChI is InChI=1S/C21H17N3OS/c26-21-22-20(24(23-21)18-9-5-2-6-10-18)15-25-19-13-11-17(12-14-19)16-7-3-1-4-8-16/h1-14H,15H2,(H,23,26). The number of hydrogen-bond acceptors (Lipinski definition) is 3. The normalized spacial score (nSPS) is 10.6. The average Bonchev–Trinajstić information content (AvgIpc) is 3.09. The molecule has 1 N–H and O–H groups in total. The molecule has 4 rings (SSSR count). The number of rotatable bonds is 5. The molecule has 0 spiro atoms. The molecule has 5 heteroatoms. The van der Waals surface area contributed by atoms with Crippen molar-refractivity contribution >= 4 is 12.2 Å². The molecule has 0 unspecified atom stereocenters. The number of hydrogen-bond donors (Lipinski definition) is 1. The van der Waals surface area contributed by atoms with E-state index < -0.39 is 0 Å². The average molecular weight is 359 g/mol. The van der Waals surface area contributed by atoms with E-state index in [9.17, 15) is 0 Å². The van der Waals surface area contributed by atoms with Crippen LogP contribution in [-0.4, -0.2) is 14.8 Å². The van der Waals surface area contributed by atoms with E-state index in [0.717, 1.165) is 22.8 Å². The minimum Gasteiger partial charge on any atom is -0.486 e. The van der Waals surface area contributed by atoms with Crippen LogP contribution < -0.4 is 4.74 Å². The zero-order valence-corrected chi connectivity index (χ0v) is 14.8. The molecule has 128 valence electrons. The molecule has 0 aliphatic heterocycles. The van der Waals surface area contributed by atoms with Crippen molar-refractivity contribution in [2.75, 3.05) is 0 Å². The van der Waals surface area contributed by atoms with Gasteiger partial charge >= 0.3 is 0 Å². The number of ether oxygens (including phenoxy) is 1. The van der Waals surface area contributed by atoms with Crippen molar-refractivity contribution in [3.63, 3.8) is 0 Å². The van der Waals surface area contributed by atoms with Crippen molar-refractivity contribution < 1.29 is 4.74 Å². The maximum Gasteiger partial charge on any atom is 0.214 e. The summed E-state index contributed by atoms with van der Waals surface area (Å²) >= 11 is 5.18. The third-order valence-corrected chi connectivity index (χ3v) is 4.22. The Hall–Kier alpha value is -3.18. The number of aromatic amines is 1. The molecule has 0 radical (unpaired) electrons. The molecule has 0 atom stereocenters. The quantitative estimate of drug-likeness (QED) is 0.500. The minimum atomic E-state index is 0.326. The third-order valence-electron chi connectivity index (χ3n) is 4.04. The van der Waals surface area contributed by atoms with Crippen LogP contribution in [-0.2, 0) is 6.61 Å². The fraction of sp³-hybridized carbons (Fsp3) is 0.0476. The molecule has 0 bridgehead atoms. The van der Waals surface area contributed by atoms with Crippen molar-refractivity contribution in [2.24, 2.45) is 0 Å². The van der Waals surface area contributed by atoms with Gasteiger partial charge in [-0.2, -0.15) is 0 Å². The van der Waals surface area contributed by atoms with Gasteiger partial charge in [0, 0.05) is 0 Å². The molecule has 26 heavy (non-hydrogen) atoms. The van der Waals surface area contributed by atoms with E-state index in [-0.39, 0.29) is 0 Å². The van der Waals surface area contributed by atoms with Crippen molar-refractivity contribution in [2.45, 2.75) is 6.61 Å². The summed E-state index contributed by atoms with van der Waals surface area (Å²) in [5, 5.41) is 3.07. The number of para-hydroxylation sites is 1. The minimum absolute atomic E-state index is 0.326. The Morgan fingerprint density at radius 3 is 2.12 bits per heavy atom. The predicted octanol–water partition coefficient (Wildman–Crippen LogP) is 5.18. The fourth-order valence-electron chi connectivity index (χ4n) is 2.76. The van der Waals surface area contributed by atoms with Crippen LogP contribution in [0.2, 0.25) is 0 Å². The van der Waals surface area contributed by atoms with Gasteiger partial charge in [0.15, 0.2) is 5.82 Å². The van der Waals surface area contributed by atoms with Crippen LogP contribution in [0.5, 0.6) is 5.75 Å². The van der Waals surface area contributed by atoms with E-state index in [1.807, 2.05) is 65.3 Å². The highest BCUT2D eigenvalue weighted by Gasteiger charge is 2.08. The Morgan fingerprint density at radius 2 is 1.42 bits per heavy atom. The van der Waals surface area contributed by atoms with Gasteiger partial charge in [0.1, 0.15) is 12.4 Å². The van der Waals surface area contributed by atoms with Gasteiger partial charge in [-0.25, -0.2) is 9.67 Å². The van der Waals surface area contributed by atoms with E-state index in [1.165, 1.54) is 5.56 Å². The Labute approximate surface area is 156 Å². The highest BCUT2D eigenvalue weighted by Crippen LogP contribution is 2.22. The van der Waals surface area contributed by atoms with Crippen LogP contribution in [0.15, 0.2) is 84.9 Å². The van der Waals surface area contributed by atoms with Crippen LogP contribution >= 0.6 is 12.2 Å². The monoisotopic (exact) mass is 359 g/mol. The fourth-order valence-corrected chi connectivity index (χ4v) is 2.96. The zero-order chi connectivity index (χ0) is 17.8. The number of nitrogens with one attached hydrogen (secondary N) is 1. The molecular formula is C21H17N3OS. The van der Waals surface area contributed by atoms with Crippen molar-refractivity contribution in [1.82, 2.24) is 14.8 Å². The lowest BCUT2D eigenvalue weighted by Gasteiger charge is -2.09. The van der Waals surface area contributed by atoms with E-state index in [0.29, 0.717) is 11.4 Å². The number of nitrogens with zero attached hydrogens (tertiary/aromatic N) is 2. The highest BCUT2D eigenvalue weighted by molar-refractivity contribution is 7.71. The lowest BCUT2D eigenvalue weighted by atomic mass is 10.1. The summed E-state index contributed by atoms with van der Waals surface area (Å²) < 4.78 is 8.19. The molecule has 0 fully saturated rings. The molecule has 1 heterocycles. The maximum atomic E-state index is 5.91. The number of H-pyrrole nitrogens is 1. The summed E-state index contributed by atoms with van der Waals surface area (Å²) in [4.78, 5) is 4.36. The molecule has 1 aromatic heterocycles. The zero-order valence-electron chi connectivity index (χ0n) is 14.0. The van der Waals surface area contributed by atoms with E-state index >= 15 is 0 Å². The molecule has 0 aliphatic rings. The topological polar surface area (TPSA) is 42.8 Å². The van der Waals surface area contributed by atoms with Crippen LogP contribution in [0, 0.1) is 4.77 Å². The van der Waals surface area contributed by atoms with Crippen LogP contribution in [0.1, 0.15) is 5.82 Å². The summed E-state index contributed by atoms with van der Waals surface area (Å²) in [6.45, 7) is 0.326. The van der Waals surface area contributed by atoms with Gasteiger partial charge in [-0.3, -0.25) is 5.10 Å². The smallest absolute Gasteiger partial charge is 0.214 e. The van der Waals surface area contributed by atoms with Crippen LogP contribution in [0.3, 0.4) is 0 Å². The summed E-state index contributed by atoms with van der Waals surface area (Å²) in [6, 6.07) is 28.2. The summed E-state index contributed by atoms with van der Waals surface area (Å²) in [7, 11) is 0. The highest BCUT2D eigenvalue weighted by atomic mass is 32.1. The first-order chi connectivity index (χ1) is 12.8. The van der Waals surface area contributed by atoms with Crippen LogP contribution in [0.4, 0.5) is 0 Å². The van der Waals surface area contributed by atoms with E-state index in [1.54, 1.807) is 0 Å². The lowest BCUT2D eigenvalue weighted by Crippen LogP contribution is -2.06. The van der Waals surface area contributed by atoms with Gasteiger partial charge in [0.25, 0.3) is 0 Å². The number of aromatic nitrogens is 3. The summed E-state index contributed by atoms with van der Waals surface area (Å²) in [5.74, 6) is 1.52. The molecule has 3 aromatic carbocycles. The summed E-state index contributed by atoms with van der Waals surface area (Å²) in [6.07, 6.45) is 0. The Bertz CT molecular complexity index is 1040. The molecular weight excluding hydrogens is 342 g/mol. The maximum absolute atomic E-state index is 5.91.